The molecule has 0 radical (unpaired) electrons. The third-order valence-electron chi connectivity index (χ3n) is 4.06. The van der Waals surface area contributed by atoms with Gasteiger partial charge in [0.15, 0.2) is 10.3 Å². The largest absolute Gasteiger partial charge is 0.339 e. The maximum absolute atomic E-state index is 12.3. The minimum Gasteiger partial charge on any atom is -0.339 e. The number of nitrogens with zero attached hydrogens (tertiary/aromatic N) is 3. The molecule has 0 spiro atoms. The molecule has 0 aliphatic carbocycles. The van der Waals surface area contributed by atoms with Gasteiger partial charge in [0.05, 0.1) is 5.69 Å². The van der Waals surface area contributed by atoms with Crippen molar-refractivity contribution in [1.29, 1.82) is 0 Å². The zero-order valence-electron chi connectivity index (χ0n) is 13.7. The van der Waals surface area contributed by atoms with Gasteiger partial charge in [0.1, 0.15) is 0 Å². The molecule has 2 N–H and O–H groups in total. The van der Waals surface area contributed by atoms with E-state index in [4.69, 9.17) is 0 Å². The van der Waals surface area contributed by atoms with Crippen molar-refractivity contribution in [1.82, 2.24) is 9.97 Å². The van der Waals surface area contributed by atoms with Crippen molar-refractivity contribution in [2.24, 2.45) is 0 Å². The lowest BCUT2D eigenvalue weighted by Gasteiger charge is -2.13. The Balaban J connectivity index is 1.47. The minimum absolute atomic E-state index is 0.266. The van der Waals surface area contributed by atoms with Crippen molar-refractivity contribution < 1.29 is 4.79 Å². The number of hydrogen-bond acceptors (Lipinski definition) is 6. The minimum atomic E-state index is -0.266. The third kappa shape index (κ3) is 3.35. The SMILES string of the molecule is CCc1csc(NC(=O)Nc2cccc3c2CN(c2nccs2)C3)n1. The lowest BCUT2D eigenvalue weighted by atomic mass is 10.1. The summed E-state index contributed by atoms with van der Waals surface area (Å²) in [5.41, 5.74) is 4.18. The van der Waals surface area contributed by atoms with Crippen LogP contribution in [0, 0.1) is 0 Å². The molecule has 1 aliphatic rings. The van der Waals surface area contributed by atoms with Gasteiger partial charge in [-0.3, -0.25) is 5.32 Å². The van der Waals surface area contributed by atoms with Crippen LogP contribution in [0.3, 0.4) is 0 Å². The first kappa shape index (κ1) is 16.0. The highest BCUT2D eigenvalue weighted by molar-refractivity contribution is 7.14. The Labute approximate surface area is 153 Å². The number of nitrogens with one attached hydrogen (secondary N) is 2. The number of carbonyl (C=O) groups is 1. The summed E-state index contributed by atoms with van der Waals surface area (Å²) in [6.07, 6.45) is 2.67. The number of urea groups is 1. The van der Waals surface area contributed by atoms with Gasteiger partial charge in [-0.05, 0) is 18.1 Å². The van der Waals surface area contributed by atoms with Gasteiger partial charge in [0.25, 0.3) is 0 Å². The molecule has 1 aliphatic heterocycles. The molecule has 0 atom stereocenters. The highest BCUT2D eigenvalue weighted by atomic mass is 32.1. The molecule has 3 heterocycles. The Bertz CT molecular complexity index is 890. The van der Waals surface area contributed by atoms with Crippen LogP contribution in [0.5, 0.6) is 0 Å². The molecule has 1 aromatic carbocycles. The first-order valence-electron chi connectivity index (χ1n) is 8.00. The summed E-state index contributed by atoms with van der Waals surface area (Å²) in [5.74, 6) is 0. The molecule has 0 saturated heterocycles. The van der Waals surface area contributed by atoms with Crippen LogP contribution in [0.25, 0.3) is 0 Å². The second kappa shape index (κ2) is 6.81. The fraction of sp³-hybridized carbons (Fsp3) is 0.235. The number of anilines is 3. The van der Waals surface area contributed by atoms with E-state index in [1.165, 1.54) is 16.9 Å². The van der Waals surface area contributed by atoms with Gasteiger partial charge in [0, 0.05) is 41.3 Å². The summed E-state index contributed by atoms with van der Waals surface area (Å²) in [4.78, 5) is 23.3. The summed E-state index contributed by atoms with van der Waals surface area (Å²) in [5, 5.41) is 11.3. The molecule has 3 aromatic rings. The Morgan fingerprint density at radius 3 is 2.96 bits per heavy atom. The molecule has 0 bridgehead atoms. The van der Waals surface area contributed by atoms with Crippen LogP contribution in [0.15, 0.2) is 35.2 Å². The highest BCUT2D eigenvalue weighted by Gasteiger charge is 2.23. The average Bonchev–Trinajstić information content (AvgIpc) is 3.34. The topological polar surface area (TPSA) is 70.2 Å². The van der Waals surface area contributed by atoms with E-state index in [0.717, 1.165) is 41.6 Å². The van der Waals surface area contributed by atoms with Gasteiger partial charge < -0.3 is 10.2 Å². The number of aryl methyl sites for hydroxylation is 1. The normalized spacial score (nSPS) is 12.9. The second-order valence-electron chi connectivity index (χ2n) is 5.69. The van der Waals surface area contributed by atoms with Gasteiger partial charge in [-0.2, -0.15) is 0 Å². The number of benzene rings is 1. The van der Waals surface area contributed by atoms with Gasteiger partial charge >= 0.3 is 6.03 Å². The van der Waals surface area contributed by atoms with E-state index in [0.29, 0.717) is 5.13 Å². The van der Waals surface area contributed by atoms with E-state index in [1.807, 2.05) is 36.0 Å². The summed E-state index contributed by atoms with van der Waals surface area (Å²) < 4.78 is 0. The fourth-order valence-corrected chi connectivity index (χ4v) is 4.26. The van der Waals surface area contributed by atoms with Crippen LogP contribution in [0.2, 0.25) is 0 Å². The van der Waals surface area contributed by atoms with E-state index >= 15 is 0 Å². The molecule has 128 valence electrons. The quantitative estimate of drug-likeness (QED) is 0.716. The zero-order valence-corrected chi connectivity index (χ0v) is 15.3. The standard InChI is InChI=1S/C17H17N5OS2/c1-2-12-10-25-16(19-12)21-15(23)20-14-5-3-4-11-8-22(9-13(11)14)17-18-6-7-24-17/h3-7,10H,2,8-9H2,1H3,(H2,19,20,21,23). The van der Waals surface area contributed by atoms with Crippen molar-refractivity contribution >= 4 is 44.7 Å². The number of thiazole rings is 2. The summed E-state index contributed by atoms with van der Waals surface area (Å²) in [6.45, 7) is 3.60. The summed E-state index contributed by atoms with van der Waals surface area (Å²) in [6, 6.07) is 5.74. The molecule has 2 amide bonds. The first-order valence-corrected chi connectivity index (χ1v) is 9.76. The van der Waals surface area contributed by atoms with Crippen molar-refractivity contribution in [3.05, 3.63) is 52.0 Å². The number of rotatable bonds is 4. The molecule has 8 heteroatoms. The van der Waals surface area contributed by atoms with Crippen LogP contribution >= 0.6 is 22.7 Å². The Morgan fingerprint density at radius 2 is 2.20 bits per heavy atom. The van der Waals surface area contributed by atoms with Gasteiger partial charge in [0.2, 0.25) is 0 Å². The summed E-state index contributed by atoms with van der Waals surface area (Å²) in [7, 11) is 0. The van der Waals surface area contributed by atoms with Gasteiger partial charge in [-0.15, -0.1) is 22.7 Å². The van der Waals surface area contributed by atoms with Crippen molar-refractivity contribution in [3.63, 3.8) is 0 Å². The number of fused-ring (bicyclic) bond motifs is 1. The van der Waals surface area contributed by atoms with E-state index in [1.54, 1.807) is 11.3 Å². The Hall–Kier alpha value is -2.45. The predicted octanol–water partition coefficient (Wildman–Crippen LogP) is 4.33. The van der Waals surface area contributed by atoms with E-state index < -0.39 is 0 Å². The lowest BCUT2D eigenvalue weighted by Crippen LogP contribution is -2.20. The van der Waals surface area contributed by atoms with Crippen molar-refractivity contribution in [2.45, 2.75) is 26.4 Å². The molecule has 6 nitrogen and oxygen atoms in total. The highest BCUT2D eigenvalue weighted by Crippen LogP contribution is 2.33. The first-order chi connectivity index (χ1) is 12.2. The smallest absolute Gasteiger partial charge is 0.325 e. The summed E-state index contributed by atoms with van der Waals surface area (Å²) >= 11 is 3.06. The molecule has 25 heavy (non-hydrogen) atoms. The van der Waals surface area contributed by atoms with Crippen molar-refractivity contribution in [3.8, 4) is 0 Å². The monoisotopic (exact) mass is 371 g/mol. The number of carbonyl (C=O) groups excluding carboxylic acids is 1. The van der Waals surface area contributed by atoms with Crippen LogP contribution in [0.1, 0.15) is 23.7 Å². The second-order valence-corrected chi connectivity index (χ2v) is 7.42. The average molecular weight is 371 g/mol. The predicted molar refractivity (Wildman–Crippen MR) is 103 cm³/mol. The number of hydrogen-bond donors (Lipinski definition) is 2. The van der Waals surface area contributed by atoms with Gasteiger partial charge in [-0.1, -0.05) is 19.1 Å². The van der Waals surface area contributed by atoms with Crippen molar-refractivity contribution in [2.75, 3.05) is 15.5 Å². The third-order valence-corrected chi connectivity index (χ3v) is 5.69. The Kier molecular flexibility index (Phi) is 4.37. The van der Waals surface area contributed by atoms with Crippen LogP contribution in [-0.4, -0.2) is 16.0 Å². The van der Waals surface area contributed by atoms with E-state index in [2.05, 4.69) is 31.6 Å². The maximum atomic E-state index is 12.3. The van der Waals surface area contributed by atoms with E-state index in [9.17, 15) is 4.79 Å². The van der Waals surface area contributed by atoms with Crippen LogP contribution < -0.4 is 15.5 Å². The molecule has 4 rings (SSSR count). The molecular weight excluding hydrogens is 354 g/mol. The molecule has 0 fully saturated rings. The van der Waals surface area contributed by atoms with Crippen LogP contribution in [-0.2, 0) is 19.5 Å². The lowest BCUT2D eigenvalue weighted by molar-refractivity contribution is 0.262. The maximum Gasteiger partial charge on any atom is 0.325 e. The van der Waals surface area contributed by atoms with Crippen LogP contribution in [0.4, 0.5) is 20.7 Å². The Morgan fingerprint density at radius 1 is 1.28 bits per heavy atom. The molecule has 0 saturated carbocycles. The fourth-order valence-electron chi connectivity index (χ4n) is 2.82. The van der Waals surface area contributed by atoms with Gasteiger partial charge in [-0.25, -0.2) is 14.8 Å². The number of amides is 2. The molecular formula is C17H17N5OS2. The number of aromatic nitrogens is 2. The van der Waals surface area contributed by atoms with E-state index in [-0.39, 0.29) is 6.03 Å². The molecule has 2 aromatic heterocycles. The molecule has 0 unspecified atom stereocenters. The zero-order chi connectivity index (χ0) is 17.2.